The number of nitrogens with one attached hydrogen (secondary N) is 1. The van der Waals surface area contributed by atoms with E-state index in [2.05, 4.69) is 20.3 Å². The Labute approximate surface area is 213 Å². The predicted octanol–water partition coefficient (Wildman–Crippen LogP) is 3.48. The highest BCUT2D eigenvalue weighted by Crippen LogP contribution is 2.38. The molecule has 186 valence electrons. The summed E-state index contributed by atoms with van der Waals surface area (Å²) in [5, 5.41) is 9.77. The second-order valence-electron chi connectivity index (χ2n) is 8.02. The number of piperazine rings is 1. The number of rotatable bonds is 8. The van der Waals surface area contributed by atoms with Crippen LogP contribution in [0.1, 0.15) is 15.4 Å². The number of methoxy groups -OCH3 is 2. The van der Waals surface area contributed by atoms with Crippen molar-refractivity contribution in [1.29, 1.82) is 0 Å². The molecule has 0 unspecified atom stereocenters. The lowest BCUT2D eigenvalue weighted by molar-refractivity contribution is 0.112. The maximum atomic E-state index is 11.7. The molecule has 1 aromatic carbocycles. The Morgan fingerprint density at radius 3 is 2.75 bits per heavy atom. The van der Waals surface area contributed by atoms with Gasteiger partial charge in [0.05, 0.1) is 30.7 Å². The zero-order valence-corrected chi connectivity index (χ0v) is 21.1. The average Bonchev–Trinajstić information content (AvgIpc) is 3.68. The van der Waals surface area contributed by atoms with Crippen molar-refractivity contribution in [2.45, 2.75) is 6.61 Å². The fourth-order valence-electron chi connectivity index (χ4n) is 4.01. The number of thiazole rings is 1. The van der Waals surface area contributed by atoms with Crippen LogP contribution in [0, 0.1) is 0 Å². The van der Waals surface area contributed by atoms with E-state index in [0.29, 0.717) is 49.3 Å². The third-order valence-corrected chi connectivity index (χ3v) is 7.80. The van der Waals surface area contributed by atoms with E-state index in [-0.39, 0.29) is 6.61 Å². The van der Waals surface area contributed by atoms with Crippen molar-refractivity contribution in [2.75, 3.05) is 45.3 Å². The summed E-state index contributed by atoms with van der Waals surface area (Å²) in [4.78, 5) is 24.5. The van der Waals surface area contributed by atoms with Gasteiger partial charge in [-0.2, -0.15) is 0 Å². The highest BCUT2D eigenvalue weighted by Gasteiger charge is 2.20. The van der Waals surface area contributed by atoms with Crippen LogP contribution in [0.2, 0.25) is 0 Å². The van der Waals surface area contributed by atoms with Crippen LogP contribution in [0.4, 0.5) is 5.13 Å². The molecule has 1 saturated heterocycles. The smallest absolute Gasteiger partial charge is 0.294 e. The SMILES string of the molecule is COc1cc(OCc2nc(N3CCNCC3)sc2C=O)c2cc(-c3cn4nc(OC)sc4n3)oc2c1. The number of aromatic nitrogens is 4. The number of furan rings is 1. The molecule has 1 aliphatic rings. The molecule has 36 heavy (non-hydrogen) atoms. The number of benzene rings is 1. The lowest BCUT2D eigenvalue weighted by atomic mass is 10.2. The van der Waals surface area contributed by atoms with E-state index < -0.39 is 0 Å². The summed E-state index contributed by atoms with van der Waals surface area (Å²) in [5.74, 6) is 1.72. The number of hydrogen-bond donors (Lipinski definition) is 1. The van der Waals surface area contributed by atoms with Crippen molar-refractivity contribution >= 4 is 50.0 Å². The van der Waals surface area contributed by atoms with Gasteiger partial charge in [-0.3, -0.25) is 4.79 Å². The van der Waals surface area contributed by atoms with Crippen LogP contribution in [0.15, 0.2) is 28.8 Å². The van der Waals surface area contributed by atoms with Gasteiger partial charge in [0, 0.05) is 38.3 Å². The fraction of sp³-hybridized carbons (Fsp3) is 0.304. The predicted molar refractivity (Wildman–Crippen MR) is 136 cm³/mol. The lowest BCUT2D eigenvalue weighted by Crippen LogP contribution is -2.43. The maximum Gasteiger partial charge on any atom is 0.294 e. The highest BCUT2D eigenvalue weighted by molar-refractivity contribution is 7.18. The van der Waals surface area contributed by atoms with E-state index >= 15 is 0 Å². The van der Waals surface area contributed by atoms with Crippen LogP contribution in [-0.4, -0.2) is 66.3 Å². The second-order valence-corrected chi connectivity index (χ2v) is 9.95. The fourth-order valence-corrected chi connectivity index (χ4v) is 5.65. The number of nitrogens with zero attached hydrogens (tertiary/aromatic N) is 5. The molecule has 1 aliphatic heterocycles. The summed E-state index contributed by atoms with van der Waals surface area (Å²) in [6, 6.07) is 5.47. The van der Waals surface area contributed by atoms with Crippen LogP contribution in [0.25, 0.3) is 27.4 Å². The molecule has 6 rings (SSSR count). The van der Waals surface area contributed by atoms with Crippen molar-refractivity contribution < 1.29 is 23.4 Å². The number of hydrogen-bond acceptors (Lipinski definition) is 12. The van der Waals surface area contributed by atoms with Gasteiger partial charge in [-0.25, -0.2) is 14.5 Å². The monoisotopic (exact) mass is 526 g/mol. The average molecular weight is 527 g/mol. The van der Waals surface area contributed by atoms with Gasteiger partial charge in [-0.1, -0.05) is 11.3 Å². The van der Waals surface area contributed by atoms with E-state index in [0.717, 1.165) is 43.0 Å². The Bertz CT molecular complexity index is 1520. The topological polar surface area (TPSA) is 116 Å². The van der Waals surface area contributed by atoms with Crippen LogP contribution in [-0.2, 0) is 6.61 Å². The molecule has 5 heterocycles. The van der Waals surface area contributed by atoms with E-state index in [1.54, 1.807) is 37.1 Å². The van der Waals surface area contributed by atoms with E-state index in [9.17, 15) is 4.79 Å². The van der Waals surface area contributed by atoms with E-state index in [1.165, 1.54) is 22.7 Å². The molecule has 1 N–H and O–H groups in total. The summed E-state index contributed by atoms with van der Waals surface area (Å²) in [6.45, 7) is 3.64. The zero-order valence-electron chi connectivity index (χ0n) is 19.5. The van der Waals surface area contributed by atoms with Crippen molar-refractivity contribution in [3.05, 3.63) is 35.0 Å². The Morgan fingerprint density at radius 2 is 2.00 bits per heavy atom. The molecule has 0 radical (unpaired) electrons. The number of fused-ring (bicyclic) bond motifs is 2. The minimum absolute atomic E-state index is 0.142. The minimum atomic E-state index is 0.142. The van der Waals surface area contributed by atoms with Gasteiger partial charge in [0.1, 0.15) is 35.1 Å². The van der Waals surface area contributed by atoms with Crippen molar-refractivity contribution in [3.8, 4) is 28.1 Å². The Hall–Kier alpha value is -3.68. The Balaban J connectivity index is 1.30. The molecule has 11 nitrogen and oxygen atoms in total. The first-order valence-electron chi connectivity index (χ1n) is 11.2. The first-order chi connectivity index (χ1) is 17.6. The number of imidazole rings is 1. The molecule has 13 heteroatoms. The van der Waals surface area contributed by atoms with Crippen LogP contribution in [0.5, 0.6) is 16.7 Å². The summed E-state index contributed by atoms with van der Waals surface area (Å²) >= 11 is 2.73. The first-order valence-corrected chi connectivity index (χ1v) is 12.8. The Morgan fingerprint density at radius 1 is 1.14 bits per heavy atom. The standard InChI is InChI=1S/C23H22N6O5S2/c1-31-13-7-17(33-12-16-20(11-30)35-21(26-16)28-5-3-24-4-6-28)14-9-19(34-18(14)8-13)15-10-29-22(25-15)36-23(27-29)32-2/h7-11,24H,3-6,12H2,1-2H3. The van der Waals surface area contributed by atoms with Gasteiger partial charge in [0.15, 0.2) is 17.2 Å². The Kier molecular flexibility index (Phi) is 5.95. The minimum Gasteiger partial charge on any atom is -0.496 e. The zero-order chi connectivity index (χ0) is 24.6. The van der Waals surface area contributed by atoms with Crippen LogP contribution in [0.3, 0.4) is 0 Å². The van der Waals surface area contributed by atoms with Gasteiger partial charge >= 0.3 is 0 Å². The molecular formula is C23H22N6O5S2. The molecule has 0 amide bonds. The van der Waals surface area contributed by atoms with Crippen molar-refractivity contribution in [2.24, 2.45) is 0 Å². The third-order valence-electron chi connectivity index (χ3n) is 5.84. The molecule has 0 bridgehead atoms. The van der Waals surface area contributed by atoms with E-state index in [4.69, 9.17) is 23.6 Å². The number of anilines is 1. The molecule has 0 saturated carbocycles. The van der Waals surface area contributed by atoms with Gasteiger partial charge in [0.2, 0.25) is 4.96 Å². The molecular weight excluding hydrogens is 504 g/mol. The maximum absolute atomic E-state index is 11.7. The van der Waals surface area contributed by atoms with E-state index in [1.807, 2.05) is 6.07 Å². The lowest BCUT2D eigenvalue weighted by Gasteiger charge is -2.26. The highest BCUT2D eigenvalue weighted by atomic mass is 32.1. The largest absolute Gasteiger partial charge is 0.496 e. The summed E-state index contributed by atoms with van der Waals surface area (Å²) < 4.78 is 24.6. The van der Waals surface area contributed by atoms with Crippen LogP contribution < -0.4 is 24.4 Å². The number of carbonyl (C=O) groups excluding carboxylic acids is 1. The molecule has 1 fully saturated rings. The molecule has 5 aromatic rings. The summed E-state index contributed by atoms with van der Waals surface area (Å²) in [5.41, 5.74) is 1.84. The number of ether oxygens (including phenoxy) is 3. The normalized spacial score (nSPS) is 14.0. The molecule has 0 spiro atoms. The van der Waals surface area contributed by atoms with Crippen molar-refractivity contribution in [1.82, 2.24) is 24.9 Å². The first kappa shape index (κ1) is 22.8. The summed E-state index contributed by atoms with van der Waals surface area (Å²) in [7, 11) is 3.16. The quantitative estimate of drug-likeness (QED) is 0.301. The van der Waals surface area contributed by atoms with Gasteiger partial charge in [-0.05, 0) is 17.4 Å². The van der Waals surface area contributed by atoms with Crippen molar-refractivity contribution in [3.63, 3.8) is 0 Å². The summed E-state index contributed by atoms with van der Waals surface area (Å²) in [6.07, 6.45) is 2.62. The second kappa shape index (κ2) is 9.41. The molecule has 0 atom stereocenters. The molecule has 0 aliphatic carbocycles. The van der Waals surface area contributed by atoms with Gasteiger partial charge in [0.25, 0.3) is 5.19 Å². The number of aldehydes is 1. The van der Waals surface area contributed by atoms with Crippen LogP contribution >= 0.6 is 22.7 Å². The third kappa shape index (κ3) is 4.14. The van der Waals surface area contributed by atoms with Gasteiger partial charge in [-0.15, -0.1) is 5.10 Å². The number of carbonyl (C=O) groups is 1. The molecule has 4 aromatic heterocycles. The van der Waals surface area contributed by atoms with Gasteiger partial charge < -0.3 is 28.8 Å².